The molecular weight excluding hydrogens is 384 g/mol. The Morgan fingerprint density at radius 2 is 1.80 bits per heavy atom. The number of anilines is 1. The van der Waals surface area contributed by atoms with E-state index in [9.17, 15) is 9.59 Å². The normalized spacial score (nSPS) is 12.0. The highest BCUT2D eigenvalue weighted by Gasteiger charge is 2.19. The third kappa shape index (κ3) is 5.29. The van der Waals surface area contributed by atoms with Crippen LogP contribution in [-0.4, -0.2) is 38.1 Å². The summed E-state index contributed by atoms with van der Waals surface area (Å²) in [5, 5.41) is 8.94. The number of carbonyl (C=O) groups excluding carboxylic acids is 2. The second-order valence-electron chi connectivity index (χ2n) is 6.66. The minimum atomic E-state index is -0.208. The van der Waals surface area contributed by atoms with Gasteiger partial charge in [0.2, 0.25) is 5.91 Å². The Morgan fingerprint density at radius 3 is 2.50 bits per heavy atom. The highest BCUT2D eigenvalue weighted by atomic mass is 16.6. The summed E-state index contributed by atoms with van der Waals surface area (Å²) < 4.78 is 16.4. The molecule has 7 nitrogen and oxygen atoms in total. The van der Waals surface area contributed by atoms with Crippen molar-refractivity contribution in [2.24, 2.45) is 0 Å². The van der Waals surface area contributed by atoms with Crippen LogP contribution < -0.4 is 19.1 Å². The Hall–Kier alpha value is -3.53. The minimum Gasteiger partial charge on any atom is -0.494 e. The summed E-state index contributed by atoms with van der Waals surface area (Å²) in [5.41, 5.74) is 1.15. The molecule has 0 atom stereocenters. The summed E-state index contributed by atoms with van der Waals surface area (Å²) in [6.07, 6.45) is 0.319. The lowest BCUT2D eigenvalue weighted by Crippen LogP contribution is -2.32. The molecule has 1 heterocycles. The summed E-state index contributed by atoms with van der Waals surface area (Å²) in [6.45, 7) is 3.65. The van der Waals surface area contributed by atoms with Crippen LogP contribution in [0.1, 0.15) is 36.5 Å². The number of carbonyl (C=O) groups is 2. The van der Waals surface area contributed by atoms with Gasteiger partial charge in [-0.05, 0) is 49.4 Å². The van der Waals surface area contributed by atoms with Crippen LogP contribution in [0.2, 0.25) is 0 Å². The first-order chi connectivity index (χ1) is 14.6. The van der Waals surface area contributed by atoms with Crippen LogP contribution in [0.3, 0.4) is 0 Å². The first kappa shape index (κ1) is 21.2. The molecule has 1 aliphatic heterocycles. The van der Waals surface area contributed by atoms with Crippen LogP contribution in [0, 0.1) is 11.3 Å². The quantitative estimate of drug-likeness (QED) is 0.587. The van der Waals surface area contributed by atoms with E-state index in [0.29, 0.717) is 48.3 Å². The maximum absolute atomic E-state index is 12.8. The molecule has 0 N–H and O–H groups in total. The lowest BCUT2D eigenvalue weighted by molar-refractivity contribution is -0.118. The number of hydrogen-bond acceptors (Lipinski definition) is 6. The molecule has 0 aromatic heterocycles. The number of fused-ring (bicyclic) bond motifs is 1. The molecule has 7 heteroatoms. The lowest BCUT2D eigenvalue weighted by atomic mass is 10.0. The second-order valence-corrected chi connectivity index (χ2v) is 6.66. The van der Waals surface area contributed by atoms with Gasteiger partial charge in [0.05, 0.1) is 19.1 Å². The zero-order chi connectivity index (χ0) is 21.3. The molecule has 2 aromatic rings. The van der Waals surface area contributed by atoms with E-state index in [2.05, 4.69) is 6.07 Å². The molecule has 0 radical (unpaired) electrons. The topological polar surface area (TPSA) is 88.9 Å². The van der Waals surface area contributed by atoms with E-state index in [1.165, 1.54) is 4.90 Å². The molecule has 1 amide bonds. The number of hydrogen-bond donors (Lipinski definition) is 0. The van der Waals surface area contributed by atoms with Crippen molar-refractivity contribution >= 4 is 17.4 Å². The largest absolute Gasteiger partial charge is 0.494 e. The van der Waals surface area contributed by atoms with Crippen LogP contribution in [0.25, 0.3) is 0 Å². The molecule has 0 saturated carbocycles. The van der Waals surface area contributed by atoms with E-state index in [1.54, 1.807) is 42.5 Å². The molecule has 0 spiro atoms. The van der Waals surface area contributed by atoms with E-state index in [1.807, 2.05) is 6.92 Å². The van der Waals surface area contributed by atoms with E-state index in [-0.39, 0.29) is 37.5 Å². The smallest absolute Gasteiger partial charge is 0.227 e. The van der Waals surface area contributed by atoms with E-state index in [0.717, 1.165) is 0 Å². The highest BCUT2D eigenvalue weighted by molar-refractivity contribution is 6.01. The van der Waals surface area contributed by atoms with Gasteiger partial charge in [0.1, 0.15) is 19.0 Å². The number of amides is 1. The SMILES string of the molecule is CCOc1ccc(N(CCC#N)C(=O)CCC(=O)c2ccc3c(c2)OCCO3)cc1. The van der Waals surface area contributed by atoms with E-state index >= 15 is 0 Å². The summed E-state index contributed by atoms with van der Waals surface area (Å²) in [5.74, 6) is 1.52. The van der Waals surface area contributed by atoms with Crippen LogP contribution >= 0.6 is 0 Å². The van der Waals surface area contributed by atoms with Crippen molar-refractivity contribution in [1.29, 1.82) is 5.26 Å². The van der Waals surface area contributed by atoms with Crippen molar-refractivity contribution in [1.82, 2.24) is 0 Å². The molecule has 1 aliphatic rings. The standard InChI is InChI=1S/C23H24N2O5/c1-2-28-19-7-5-18(6-8-19)25(13-3-12-24)23(27)11-9-20(26)17-4-10-21-22(16-17)30-15-14-29-21/h4-8,10,16H,2-3,9,11,13-15H2,1H3. The van der Waals surface area contributed by atoms with Crippen molar-refractivity contribution in [3.63, 3.8) is 0 Å². The van der Waals surface area contributed by atoms with Gasteiger partial charge in [-0.3, -0.25) is 9.59 Å². The van der Waals surface area contributed by atoms with E-state index < -0.39 is 0 Å². The van der Waals surface area contributed by atoms with Crippen molar-refractivity contribution < 1.29 is 23.8 Å². The average molecular weight is 408 g/mol. The first-order valence-corrected chi connectivity index (χ1v) is 9.95. The fourth-order valence-electron chi connectivity index (χ4n) is 3.17. The Bertz CT molecular complexity index is 934. The molecule has 2 aromatic carbocycles. The van der Waals surface area contributed by atoms with E-state index in [4.69, 9.17) is 19.5 Å². The number of nitrogens with zero attached hydrogens (tertiary/aromatic N) is 2. The predicted molar refractivity (Wildman–Crippen MR) is 111 cm³/mol. The Balaban J connectivity index is 1.65. The Kier molecular flexibility index (Phi) is 7.28. The third-order valence-corrected chi connectivity index (χ3v) is 4.64. The van der Waals surface area contributed by atoms with Gasteiger partial charge >= 0.3 is 0 Å². The molecule has 156 valence electrons. The highest BCUT2D eigenvalue weighted by Crippen LogP contribution is 2.31. The zero-order valence-corrected chi connectivity index (χ0v) is 16.9. The van der Waals surface area contributed by atoms with Gasteiger partial charge in [-0.2, -0.15) is 5.26 Å². The van der Waals surface area contributed by atoms with Gasteiger partial charge in [-0.15, -0.1) is 0 Å². The average Bonchev–Trinajstić information content (AvgIpc) is 2.78. The van der Waals surface area contributed by atoms with Gasteiger partial charge in [0.15, 0.2) is 17.3 Å². The minimum absolute atomic E-state index is 0.0475. The van der Waals surface area contributed by atoms with Crippen LogP contribution in [-0.2, 0) is 4.79 Å². The molecule has 0 aliphatic carbocycles. The molecule has 0 fully saturated rings. The molecule has 0 saturated heterocycles. The summed E-state index contributed by atoms with van der Waals surface area (Å²) in [4.78, 5) is 26.9. The third-order valence-electron chi connectivity index (χ3n) is 4.64. The second kappa shape index (κ2) is 10.3. The monoisotopic (exact) mass is 408 g/mol. The maximum Gasteiger partial charge on any atom is 0.227 e. The van der Waals surface area contributed by atoms with Crippen molar-refractivity contribution in [2.45, 2.75) is 26.2 Å². The number of benzene rings is 2. The van der Waals surface area contributed by atoms with Crippen molar-refractivity contribution in [2.75, 3.05) is 31.3 Å². The molecule has 3 rings (SSSR count). The molecule has 30 heavy (non-hydrogen) atoms. The summed E-state index contributed by atoms with van der Waals surface area (Å²) in [6, 6.07) is 14.2. The van der Waals surface area contributed by atoms with Gasteiger partial charge < -0.3 is 19.1 Å². The fourth-order valence-corrected chi connectivity index (χ4v) is 3.17. The Morgan fingerprint density at radius 1 is 1.07 bits per heavy atom. The fraction of sp³-hybridized carbons (Fsp3) is 0.348. The number of Topliss-reactive ketones (excluding diaryl/α,β-unsaturated/α-hetero) is 1. The Labute approximate surface area is 175 Å². The van der Waals surface area contributed by atoms with Gasteiger partial charge in [0, 0.05) is 30.6 Å². The van der Waals surface area contributed by atoms with Gasteiger partial charge in [-0.1, -0.05) is 0 Å². The van der Waals surface area contributed by atoms with Gasteiger partial charge in [-0.25, -0.2) is 0 Å². The molecule has 0 unspecified atom stereocenters. The predicted octanol–water partition coefficient (Wildman–Crippen LogP) is 3.77. The van der Waals surface area contributed by atoms with Crippen molar-refractivity contribution in [3.8, 4) is 23.3 Å². The first-order valence-electron chi connectivity index (χ1n) is 9.95. The number of rotatable bonds is 9. The number of ketones is 1. The van der Waals surface area contributed by atoms with Crippen LogP contribution in [0.15, 0.2) is 42.5 Å². The number of ether oxygens (including phenoxy) is 3. The van der Waals surface area contributed by atoms with Gasteiger partial charge in [0.25, 0.3) is 0 Å². The van der Waals surface area contributed by atoms with Crippen molar-refractivity contribution in [3.05, 3.63) is 48.0 Å². The lowest BCUT2D eigenvalue weighted by Gasteiger charge is -2.22. The van der Waals surface area contributed by atoms with Crippen LogP contribution in [0.4, 0.5) is 5.69 Å². The summed E-state index contributed by atoms with van der Waals surface area (Å²) >= 11 is 0. The zero-order valence-electron chi connectivity index (χ0n) is 16.9. The molecule has 0 bridgehead atoms. The number of nitriles is 1. The summed E-state index contributed by atoms with van der Waals surface area (Å²) in [7, 11) is 0. The van der Waals surface area contributed by atoms with Crippen LogP contribution in [0.5, 0.6) is 17.2 Å². The maximum atomic E-state index is 12.8. The molecular formula is C23H24N2O5.